The zero-order valence-electron chi connectivity index (χ0n) is 21.5. The van der Waals surface area contributed by atoms with Crippen LogP contribution in [0, 0.1) is 6.92 Å². The molecule has 1 amide bonds. The zero-order chi connectivity index (χ0) is 26.0. The lowest BCUT2D eigenvalue weighted by atomic mass is 9.87. The third-order valence-corrected chi connectivity index (χ3v) is 7.47. The van der Waals surface area contributed by atoms with Gasteiger partial charge in [0.1, 0.15) is 5.78 Å². The minimum atomic E-state index is -0.438. The van der Waals surface area contributed by atoms with Crippen molar-refractivity contribution in [1.29, 1.82) is 0 Å². The van der Waals surface area contributed by atoms with Crippen LogP contribution in [0.25, 0.3) is 11.1 Å². The molecule has 37 heavy (non-hydrogen) atoms. The van der Waals surface area contributed by atoms with E-state index in [2.05, 4.69) is 19.1 Å². The van der Waals surface area contributed by atoms with E-state index in [9.17, 15) is 14.7 Å². The highest BCUT2D eigenvalue weighted by Gasteiger charge is 2.50. The third kappa shape index (κ3) is 4.98. The average Bonchev–Trinajstić information content (AvgIpc) is 3.60. The fourth-order valence-corrected chi connectivity index (χ4v) is 5.17. The van der Waals surface area contributed by atoms with E-state index >= 15 is 0 Å². The van der Waals surface area contributed by atoms with Crippen molar-refractivity contribution in [3.63, 3.8) is 0 Å². The Bertz CT molecular complexity index is 1310. The number of aliphatic hydroxyl groups is 1. The molecule has 0 bridgehead atoms. The fraction of sp³-hybridized carbons (Fsp3) is 0.355. The number of aliphatic hydroxyl groups excluding tert-OH is 1. The number of hydrogen-bond acceptors (Lipinski definition) is 5. The largest absolute Gasteiger partial charge is 0.454 e. The lowest BCUT2D eigenvalue weighted by molar-refractivity contribution is -0.120. The number of ether oxygens (including phenoxy) is 2. The number of fused-ring (bicyclic) bond motifs is 1. The van der Waals surface area contributed by atoms with E-state index in [1.807, 2.05) is 55.5 Å². The summed E-state index contributed by atoms with van der Waals surface area (Å²) in [5.74, 6) is 1.60. The van der Waals surface area contributed by atoms with Crippen molar-refractivity contribution in [2.45, 2.75) is 44.9 Å². The van der Waals surface area contributed by atoms with E-state index in [1.54, 1.807) is 4.90 Å². The lowest BCUT2D eigenvalue weighted by Gasteiger charge is -2.21. The highest BCUT2D eigenvalue weighted by Crippen LogP contribution is 2.51. The topological polar surface area (TPSA) is 76.1 Å². The molecular weight excluding hydrogens is 466 g/mol. The van der Waals surface area contributed by atoms with Crippen LogP contribution in [0.1, 0.15) is 54.7 Å². The summed E-state index contributed by atoms with van der Waals surface area (Å²) in [4.78, 5) is 28.0. The van der Waals surface area contributed by atoms with Gasteiger partial charge in [0.25, 0.3) is 5.91 Å². The first-order valence-electron chi connectivity index (χ1n) is 13.0. The molecule has 6 nitrogen and oxygen atoms in total. The Balaban J connectivity index is 0.00000336. The molecule has 0 unspecified atom stereocenters. The van der Waals surface area contributed by atoms with Crippen molar-refractivity contribution in [2.24, 2.45) is 0 Å². The summed E-state index contributed by atoms with van der Waals surface area (Å²) in [6.45, 7) is 5.19. The Morgan fingerprint density at radius 1 is 0.973 bits per heavy atom. The van der Waals surface area contributed by atoms with Gasteiger partial charge < -0.3 is 19.5 Å². The van der Waals surface area contributed by atoms with E-state index in [0.717, 1.165) is 52.8 Å². The summed E-state index contributed by atoms with van der Waals surface area (Å²) in [6, 6.07) is 19.6. The Hall–Kier alpha value is -3.64. The van der Waals surface area contributed by atoms with E-state index in [0.29, 0.717) is 30.8 Å². The first kappa shape index (κ1) is 25.0. The number of ketones is 1. The van der Waals surface area contributed by atoms with Crippen molar-refractivity contribution in [2.75, 3.05) is 26.5 Å². The van der Waals surface area contributed by atoms with Crippen molar-refractivity contribution >= 4 is 11.7 Å². The second-order valence-electron chi connectivity index (χ2n) is 9.99. The van der Waals surface area contributed by atoms with Crippen LogP contribution in [-0.2, 0) is 16.6 Å². The Morgan fingerprint density at radius 3 is 2.43 bits per heavy atom. The van der Waals surface area contributed by atoms with Crippen LogP contribution in [0.3, 0.4) is 0 Å². The number of carbonyl (C=O) groups is 2. The van der Waals surface area contributed by atoms with Gasteiger partial charge in [-0.3, -0.25) is 9.59 Å². The Morgan fingerprint density at radius 2 is 1.73 bits per heavy atom. The van der Waals surface area contributed by atoms with Gasteiger partial charge in [0.2, 0.25) is 6.79 Å². The van der Waals surface area contributed by atoms with Gasteiger partial charge in [0.05, 0.1) is 12.0 Å². The van der Waals surface area contributed by atoms with Crippen molar-refractivity contribution < 1.29 is 25.6 Å². The van der Waals surface area contributed by atoms with Gasteiger partial charge >= 0.3 is 0 Å². The smallest absolute Gasteiger partial charge is 0.253 e. The quantitative estimate of drug-likeness (QED) is 0.407. The number of benzene rings is 3. The summed E-state index contributed by atoms with van der Waals surface area (Å²) in [5, 5.41) is 9.30. The maximum Gasteiger partial charge on any atom is 0.253 e. The van der Waals surface area contributed by atoms with E-state index in [-0.39, 0.29) is 26.5 Å². The molecule has 1 aliphatic carbocycles. The SMILES string of the molecule is CCCN(CCO)C(=O)c1ccc(-c2cc(CC(=O)C3(c4ccc5c(c4)OCO5)CC3)ccc2C)cc1.[HH]. The van der Waals surface area contributed by atoms with Crippen LogP contribution >= 0.6 is 0 Å². The summed E-state index contributed by atoms with van der Waals surface area (Å²) in [7, 11) is 0. The molecule has 2 aliphatic rings. The Labute approximate surface area is 219 Å². The summed E-state index contributed by atoms with van der Waals surface area (Å²) in [5.41, 5.74) is 5.33. The minimum absolute atomic E-state index is 0. The maximum atomic E-state index is 13.5. The summed E-state index contributed by atoms with van der Waals surface area (Å²) in [6.07, 6.45) is 2.91. The highest BCUT2D eigenvalue weighted by atomic mass is 16.7. The van der Waals surface area contributed by atoms with Crippen LogP contribution in [0.4, 0.5) is 0 Å². The van der Waals surface area contributed by atoms with E-state index in [4.69, 9.17) is 9.47 Å². The number of carbonyl (C=O) groups excluding carboxylic acids is 2. The van der Waals surface area contributed by atoms with Crippen LogP contribution in [0.15, 0.2) is 60.7 Å². The van der Waals surface area contributed by atoms with Gasteiger partial charge in [-0.25, -0.2) is 0 Å². The maximum absolute atomic E-state index is 13.5. The van der Waals surface area contributed by atoms with Crippen molar-refractivity contribution in [3.8, 4) is 22.6 Å². The molecule has 194 valence electrons. The zero-order valence-corrected chi connectivity index (χ0v) is 21.5. The van der Waals surface area contributed by atoms with E-state index < -0.39 is 5.41 Å². The molecule has 5 rings (SSSR count). The van der Waals surface area contributed by atoms with Crippen molar-refractivity contribution in [1.82, 2.24) is 4.90 Å². The normalized spacial score (nSPS) is 14.9. The molecule has 1 heterocycles. The molecular formula is C31H35NO5. The molecule has 6 heteroatoms. The monoisotopic (exact) mass is 501 g/mol. The fourth-order valence-electron chi connectivity index (χ4n) is 5.17. The molecule has 3 aromatic carbocycles. The average molecular weight is 502 g/mol. The van der Waals surface area contributed by atoms with Crippen LogP contribution in [0.2, 0.25) is 0 Å². The molecule has 0 spiro atoms. The van der Waals surface area contributed by atoms with Crippen LogP contribution in [-0.4, -0.2) is 48.2 Å². The number of rotatable bonds is 10. The van der Waals surface area contributed by atoms with Gasteiger partial charge in [-0.15, -0.1) is 0 Å². The second-order valence-corrected chi connectivity index (χ2v) is 9.99. The van der Waals surface area contributed by atoms with Crippen LogP contribution in [0.5, 0.6) is 11.5 Å². The molecule has 0 saturated heterocycles. The molecule has 0 radical (unpaired) electrons. The highest BCUT2D eigenvalue weighted by molar-refractivity contribution is 5.96. The predicted molar refractivity (Wildman–Crippen MR) is 144 cm³/mol. The van der Waals surface area contributed by atoms with Crippen LogP contribution < -0.4 is 9.47 Å². The molecule has 0 atom stereocenters. The van der Waals surface area contributed by atoms with Gasteiger partial charge in [0, 0.05) is 26.5 Å². The molecule has 1 saturated carbocycles. The predicted octanol–water partition coefficient (Wildman–Crippen LogP) is 5.32. The number of nitrogens with zero attached hydrogens (tertiary/aromatic N) is 1. The van der Waals surface area contributed by atoms with Gasteiger partial charge in [-0.2, -0.15) is 0 Å². The molecule has 3 aromatic rings. The first-order valence-corrected chi connectivity index (χ1v) is 13.0. The molecule has 1 fully saturated rings. The van der Waals surface area contributed by atoms with Crippen molar-refractivity contribution in [3.05, 3.63) is 82.9 Å². The number of hydrogen-bond donors (Lipinski definition) is 1. The third-order valence-electron chi connectivity index (χ3n) is 7.47. The van der Waals surface area contributed by atoms with Gasteiger partial charge in [-0.05, 0) is 78.3 Å². The van der Waals surface area contributed by atoms with E-state index in [1.165, 1.54) is 0 Å². The summed E-state index contributed by atoms with van der Waals surface area (Å²) >= 11 is 0. The standard InChI is InChI=1S/C31H33NO5.H2/c1-3-14-32(15-16-33)30(35)24-8-6-23(7-9-24)26-17-22(5-4-21(26)2)18-29(34)31(12-13-31)25-10-11-27-28(19-25)37-20-36-27;/h4-11,17,19,33H,3,12-16,18,20H2,1-2H3;1H. The molecule has 1 aliphatic heterocycles. The number of aryl methyl sites for hydroxylation is 1. The lowest BCUT2D eigenvalue weighted by Crippen LogP contribution is -2.34. The van der Waals surface area contributed by atoms with Gasteiger partial charge in [0.15, 0.2) is 11.5 Å². The molecule has 1 N–H and O–H groups in total. The minimum Gasteiger partial charge on any atom is -0.454 e. The second kappa shape index (κ2) is 10.4. The Kier molecular flexibility index (Phi) is 7.02. The summed E-state index contributed by atoms with van der Waals surface area (Å²) < 4.78 is 11.0. The number of amides is 1. The number of Topliss-reactive ketones (excluding diaryl/α,β-unsaturated/α-hetero) is 1. The molecule has 0 aromatic heterocycles. The van der Waals surface area contributed by atoms with Gasteiger partial charge in [-0.1, -0.05) is 43.3 Å². The first-order chi connectivity index (χ1) is 17.9.